The van der Waals surface area contributed by atoms with Gasteiger partial charge in [-0.1, -0.05) is 11.8 Å². The van der Waals surface area contributed by atoms with Crippen LogP contribution in [0.1, 0.15) is 0 Å². The van der Waals surface area contributed by atoms with E-state index in [1.54, 1.807) is 0 Å². The number of thioether (sulfide) groups is 4. The van der Waals surface area contributed by atoms with Gasteiger partial charge in [0.1, 0.15) is 0 Å². The molecule has 0 aliphatic carbocycles. The minimum Gasteiger partial charge on any atom is -0.117 e. The molecule has 11 heavy (non-hydrogen) atoms. The van der Waals surface area contributed by atoms with Gasteiger partial charge in [0.05, 0.1) is 13.2 Å². The van der Waals surface area contributed by atoms with Gasteiger partial charge in [0.2, 0.25) is 0 Å². The first-order valence-corrected chi connectivity index (χ1v) is 7.57. The third-order valence-corrected chi connectivity index (χ3v) is 7.79. The third kappa shape index (κ3) is 2.21. The summed E-state index contributed by atoms with van der Waals surface area (Å²) in [6.45, 7) is 0. The van der Waals surface area contributed by atoms with Crippen LogP contribution < -0.4 is 0 Å². The Morgan fingerprint density at radius 3 is 2.36 bits per heavy atom. The lowest BCUT2D eigenvalue weighted by molar-refractivity contribution is 1.46. The van der Waals surface area contributed by atoms with Gasteiger partial charge in [-0.05, 0) is 0 Å². The number of hydrogen-bond donors (Lipinski definition) is 0. The Labute approximate surface area is 88.7 Å². The van der Waals surface area contributed by atoms with E-state index in [9.17, 15) is 0 Å². The molecule has 1 atom stereocenters. The van der Waals surface area contributed by atoms with Crippen LogP contribution in [0.15, 0.2) is 8.47 Å². The zero-order chi connectivity index (χ0) is 7.68. The fourth-order valence-corrected chi connectivity index (χ4v) is 6.96. The number of rotatable bonds is 0. The van der Waals surface area contributed by atoms with E-state index in [2.05, 4.69) is 0 Å². The molecular formula is C6H7ClS4. The van der Waals surface area contributed by atoms with Crippen LogP contribution in [0.25, 0.3) is 0 Å². The molecule has 0 N–H and O–H groups in total. The van der Waals surface area contributed by atoms with Gasteiger partial charge in [-0.3, -0.25) is 0 Å². The van der Waals surface area contributed by atoms with Crippen LogP contribution in [0, 0.1) is 0 Å². The van der Waals surface area contributed by atoms with Crippen molar-refractivity contribution < 1.29 is 0 Å². The second kappa shape index (κ2) is 4.09. The molecule has 0 radical (unpaired) electrons. The monoisotopic (exact) mass is 242 g/mol. The first-order chi connectivity index (χ1) is 5.36. The summed E-state index contributed by atoms with van der Waals surface area (Å²) < 4.78 is 3.30. The SMILES string of the molecule is ClC1CSC(=C2SCCS2)S1. The van der Waals surface area contributed by atoms with Crippen molar-refractivity contribution in [2.45, 2.75) is 4.71 Å². The molecule has 2 aliphatic heterocycles. The average molecular weight is 243 g/mol. The molecular weight excluding hydrogens is 236 g/mol. The molecule has 2 aliphatic rings. The van der Waals surface area contributed by atoms with Crippen LogP contribution in [0.3, 0.4) is 0 Å². The molecule has 0 saturated carbocycles. The van der Waals surface area contributed by atoms with Gasteiger partial charge in [-0.15, -0.1) is 46.9 Å². The standard InChI is InChI=1S/C6H7ClS4/c7-4-3-10-6(11-4)5-8-1-2-9-5/h4H,1-3H2. The zero-order valence-corrected chi connectivity index (χ0v) is 9.73. The number of halogens is 1. The average Bonchev–Trinajstić information content (AvgIpc) is 2.55. The van der Waals surface area contributed by atoms with Crippen LogP contribution >= 0.6 is 58.6 Å². The summed E-state index contributed by atoms with van der Waals surface area (Å²) in [6, 6.07) is 0. The molecule has 5 heteroatoms. The maximum atomic E-state index is 5.97. The Bertz CT molecular complexity index is 183. The lowest BCUT2D eigenvalue weighted by atomic mass is 10.9. The number of alkyl halides is 1. The topological polar surface area (TPSA) is 0 Å². The maximum absolute atomic E-state index is 5.97. The highest BCUT2D eigenvalue weighted by atomic mass is 35.5. The predicted molar refractivity (Wildman–Crippen MR) is 61.6 cm³/mol. The molecule has 0 spiro atoms. The fourth-order valence-electron chi connectivity index (χ4n) is 0.861. The minimum absolute atomic E-state index is 0.310. The van der Waals surface area contributed by atoms with E-state index in [4.69, 9.17) is 11.6 Å². The van der Waals surface area contributed by atoms with Crippen molar-refractivity contribution in [2.75, 3.05) is 17.3 Å². The summed E-state index contributed by atoms with van der Waals surface area (Å²) in [5.74, 6) is 3.63. The summed E-state index contributed by atoms with van der Waals surface area (Å²) in [5, 5.41) is 0. The smallest absolute Gasteiger partial charge is 0.0935 e. The Kier molecular flexibility index (Phi) is 3.35. The van der Waals surface area contributed by atoms with Crippen molar-refractivity contribution >= 4 is 58.6 Å². The van der Waals surface area contributed by atoms with Gasteiger partial charge in [0, 0.05) is 17.3 Å². The fraction of sp³-hybridized carbons (Fsp3) is 0.667. The molecule has 0 nitrogen and oxygen atoms in total. The lowest BCUT2D eigenvalue weighted by Crippen LogP contribution is -1.83. The van der Waals surface area contributed by atoms with E-state index in [-0.39, 0.29) is 0 Å². The van der Waals surface area contributed by atoms with Gasteiger partial charge >= 0.3 is 0 Å². The summed E-state index contributed by atoms with van der Waals surface area (Å²) in [5.41, 5.74) is 0. The molecule has 0 aromatic carbocycles. The zero-order valence-electron chi connectivity index (χ0n) is 5.71. The molecule has 0 amide bonds. The Hall–Kier alpha value is 1.43. The van der Waals surface area contributed by atoms with Crippen molar-refractivity contribution in [3.05, 3.63) is 8.47 Å². The van der Waals surface area contributed by atoms with E-state index < -0.39 is 0 Å². The van der Waals surface area contributed by atoms with Crippen LogP contribution in [-0.2, 0) is 0 Å². The van der Waals surface area contributed by atoms with Crippen LogP contribution in [0.5, 0.6) is 0 Å². The first-order valence-electron chi connectivity index (χ1n) is 3.29. The third-order valence-electron chi connectivity index (χ3n) is 1.30. The van der Waals surface area contributed by atoms with Crippen molar-refractivity contribution in [2.24, 2.45) is 0 Å². The van der Waals surface area contributed by atoms with Crippen LogP contribution in [0.4, 0.5) is 0 Å². The molecule has 62 valence electrons. The molecule has 2 saturated heterocycles. The minimum atomic E-state index is 0.310. The van der Waals surface area contributed by atoms with Crippen molar-refractivity contribution in [3.63, 3.8) is 0 Å². The molecule has 0 aromatic heterocycles. The summed E-state index contributed by atoms with van der Waals surface area (Å²) in [7, 11) is 0. The molecule has 2 rings (SSSR count). The van der Waals surface area contributed by atoms with Gasteiger partial charge in [0.15, 0.2) is 0 Å². The van der Waals surface area contributed by atoms with Crippen molar-refractivity contribution in [3.8, 4) is 0 Å². The van der Waals surface area contributed by atoms with Crippen LogP contribution in [-0.4, -0.2) is 22.0 Å². The summed E-state index contributed by atoms with van der Waals surface area (Å²) in [4.78, 5) is 0. The molecule has 2 heterocycles. The molecule has 0 aromatic rings. The molecule has 2 fully saturated rings. The van der Waals surface area contributed by atoms with E-state index in [1.165, 1.54) is 20.0 Å². The second-order valence-electron chi connectivity index (χ2n) is 2.11. The quantitative estimate of drug-likeness (QED) is 0.595. The predicted octanol–water partition coefficient (Wildman–Crippen LogP) is 3.64. The maximum Gasteiger partial charge on any atom is 0.0935 e. The Morgan fingerprint density at radius 2 is 1.82 bits per heavy atom. The van der Waals surface area contributed by atoms with Gasteiger partial charge in [0.25, 0.3) is 0 Å². The first kappa shape index (κ1) is 9.00. The summed E-state index contributed by atoms with van der Waals surface area (Å²) >= 11 is 13.7. The highest BCUT2D eigenvalue weighted by Gasteiger charge is 2.24. The van der Waals surface area contributed by atoms with Crippen molar-refractivity contribution in [1.29, 1.82) is 0 Å². The summed E-state index contributed by atoms with van der Waals surface area (Å²) in [6.07, 6.45) is 0. The highest BCUT2D eigenvalue weighted by Crippen LogP contribution is 2.52. The molecule has 1 unspecified atom stereocenters. The lowest BCUT2D eigenvalue weighted by Gasteiger charge is -1.98. The Morgan fingerprint density at radius 1 is 1.09 bits per heavy atom. The highest BCUT2D eigenvalue weighted by molar-refractivity contribution is 8.31. The normalized spacial score (nSPS) is 31.9. The van der Waals surface area contributed by atoms with E-state index in [1.807, 2.05) is 47.0 Å². The second-order valence-corrected chi connectivity index (χ2v) is 7.87. The molecule has 0 bridgehead atoms. The van der Waals surface area contributed by atoms with Crippen molar-refractivity contribution in [1.82, 2.24) is 0 Å². The van der Waals surface area contributed by atoms with E-state index in [0.29, 0.717) is 4.71 Å². The van der Waals surface area contributed by atoms with Crippen LogP contribution in [0.2, 0.25) is 0 Å². The van der Waals surface area contributed by atoms with Gasteiger partial charge in [-0.25, -0.2) is 0 Å². The van der Waals surface area contributed by atoms with E-state index in [0.717, 1.165) is 5.75 Å². The number of hydrogen-bond acceptors (Lipinski definition) is 4. The van der Waals surface area contributed by atoms with E-state index >= 15 is 0 Å². The largest absolute Gasteiger partial charge is 0.117 e. The Balaban J connectivity index is 2.07. The van der Waals surface area contributed by atoms with Gasteiger partial charge in [-0.2, -0.15) is 0 Å². The van der Waals surface area contributed by atoms with Gasteiger partial charge < -0.3 is 0 Å².